The number of aromatic carboxylic acids is 1. The highest BCUT2D eigenvalue weighted by molar-refractivity contribution is 6.31. The molecule has 0 saturated heterocycles. The first-order valence-electron chi connectivity index (χ1n) is 10.8. The van der Waals surface area contributed by atoms with Crippen molar-refractivity contribution in [3.63, 3.8) is 0 Å². The molecular weight excluding hydrogens is 472 g/mol. The number of aryl methyl sites for hydroxylation is 1. The number of carbonyl (C=O) groups is 2. The van der Waals surface area contributed by atoms with Crippen LogP contribution in [0.4, 0.5) is 10.5 Å². The fraction of sp³-hybridized carbons (Fsp3) is 0.240. The van der Waals surface area contributed by atoms with E-state index in [1.54, 1.807) is 42.5 Å². The lowest BCUT2D eigenvalue weighted by molar-refractivity contribution is 0.0690. The molecule has 0 radical (unpaired) electrons. The predicted octanol–water partition coefficient (Wildman–Crippen LogP) is 4.80. The Bertz CT molecular complexity index is 1180. The maximum atomic E-state index is 12.5. The second-order valence-corrected chi connectivity index (χ2v) is 8.39. The van der Waals surface area contributed by atoms with Gasteiger partial charge in [-0.2, -0.15) is 0 Å². The summed E-state index contributed by atoms with van der Waals surface area (Å²) in [5, 5.41) is 15.2. The van der Waals surface area contributed by atoms with Crippen LogP contribution < -0.4 is 20.1 Å². The van der Waals surface area contributed by atoms with E-state index < -0.39 is 12.0 Å². The molecular formula is C25H27ClN4O5. The van der Waals surface area contributed by atoms with E-state index in [9.17, 15) is 9.59 Å². The molecule has 0 saturated carbocycles. The molecule has 2 aromatic carbocycles. The third-order valence-electron chi connectivity index (χ3n) is 4.87. The van der Waals surface area contributed by atoms with Crippen molar-refractivity contribution in [1.29, 1.82) is 0 Å². The van der Waals surface area contributed by atoms with Gasteiger partial charge in [-0.3, -0.25) is 0 Å². The van der Waals surface area contributed by atoms with Crippen LogP contribution in [0.15, 0.2) is 54.7 Å². The number of ether oxygens (including phenoxy) is 2. The van der Waals surface area contributed by atoms with Crippen molar-refractivity contribution in [2.45, 2.75) is 13.5 Å². The van der Waals surface area contributed by atoms with Crippen molar-refractivity contribution < 1.29 is 24.2 Å². The fourth-order valence-corrected chi connectivity index (χ4v) is 3.13. The van der Waals surface area contributed by atoms with Gasteiger partial charge in [-0.05, 0) is 62.5 Å². The second kappa shape index (κ2) is 12.0. The maximum absolute atomic E-state index is 12.5. The summed E-state index contributed by atoms with van der Waals surface area (Å²) >= 11 is 6.24. The van der Waals surface area contributed by atoms with E-state index in [-0.39, 0.29) is 12.2 Å². The molecule has 0 aliphatic rings. The topological polar surface area (TPSA) is 113 Å². The number of halogens is 1. The molecule has 0 spiro atoms. The number of rotatable bonds is 10. The molecule has 3 rings (SSSR count). The van der Waals surface area contributed by atoms with Crippen LogP contribution in [0.2, 0.25) is 5.02 Å². The zero-order chi connectivity index (χ0) is 25.4. The van der Waals surface area contributed by atoms with Crippen LogP contribution >= 0.6 is 11.6 Å². The molecule has 0 aliphatic carbocycles. The average molecular weight is 499 g/mol. The lowest BCUT2D eigenvalue weighted by Gasteiger charge is -2.16. The number of urea groups is 1. The molecule has 0 bridgehead atoms. The van der Waals surface area contributed by atoms with Gasteiger partial charge in [0.25, 0.3) is 0 Å². The van der Waals surface area contributed by atoms with Crippen molar-refractivity contribution in [3.05, 3.63) is 76.6 Å². The van der Waals surface area contributed by atoms with Crippen LogP contribution in [0.5, 0.6) is 17.2 Å². The van der Waals surface area contributed by atoms with E-state index in [1.165, 1.54) is 12.3 Å². The number of carbonyl (C=O) groups excluding carboxylic acids is 1. The highest BCUT2D eigenvalue weighted by atomic mass is 35.5. The summed E-state index contributed by atoms with van der Waals surface area (Å²) in [6.45, 7) is 3.35. The molecule has 3 N–H and O–H groups in total. The van der Waals surface area contributed by atoms with Crippen molar-refractivity contribution in [1.82, 2.24) is 15.2 Å². The van der Waals surface area contributed by atoms with Gasteiger partial charge in [0.05, 0.1) is 5.69 Å². The molecule has 0 aliphatic heterocycles. The lowest BCUT2D eigenvalue weighted by atomic mass is 10.2. The molecule has 0 unspecified atom stereocenters. The predicted molar refractivity (Wildman–Crippen MR) is 134 cm³/mol. The molecule has 10 heteroatoms. The quantitative estimate of drug-likeness (QED) is 0.368. The Morgan fingerprint density at radius 1 is 1.09 bits per heavy atom. The SMILES string of the molecule is Cc1cc(OCCN(C)C)c(NC(=O)NCc2ccc(Oc3ccnc(C(=O)O)c3)cc2)cc1Cl. The highest BCUT2D eigenvalue weighted by Gasteiger charge is 2.12. The highest BCUT2D eigenvalue weighted by Crippen LogP contribution is 2.31. The first kappa shape index (κ1) is 25.8. The van der Waals surface area contributed by atoms with Gasteiger partial charge >= 0.3 is 12.0 Å². The van der Waals surface area contributed by atoms with E-state index in [0.717, 1.165) is 17.7 Å². The number of carboxylic acids is 1. The smallest absolute Gasteiger partial charge is 0.354 e. The van der Waals surface area contributed by atoms with Gasteiger partial charge in [0, 0.05) is 30.4 Å². The van der Waals surface area contributed by atoms with Gasteiger partial charge in [0.1, 0.15) is 23.9 Å². The largest absolute Gasteiger partial charge is 0.490 e. The fourth-order valence-electron chi connectivity index (χ4n) is 2.96. The number of pyridine rings is 1. The average Bonchev–Trinajstić information content (AvgIpc) is 2.81. The van der Waals surface area contributed by atoms with Crippen LogP contribution in [0.3, 0.4) is 0 Å². The third-order valence-corrected chi connectivity index (χ3v) is 5.27. The summed E-state index contributed by atoms with van der Waals surface area (Å²) < 4.78 is 11.5. The van der Waals surface area contributed by atoms with E-state index >= 15 is 0 Å². The van der Waals surface area contributed by atoms with Crippen molar-refractivity contribution >= 4 is 29.3 Å². The molecule has 1 heterocycles. The normalized spacial score (nSPS) is 10.7. The van der Waals surface area contributed by atoms with Gasteiger partial charge in [-0.25, -0.2) is 14.6 Å². The summed E-state index contributed by atoms with van der Waals surface area (Å²) in [7, 11) is 3.91. The van der Waals surface area contributed by atoms with Crippen LogP contribution in [-0.2, 0) is 6.54 Å². The van der Waals surface area contributed by atoms with Gasteiger partial charge in [-0.15, -0.1) is 0 Å². The maximum Gasteiger partial charge on any atom is 0.354 e. The summed E-state index contributed by atoms with van der Waals surface area (Å²) in [5.74, 6) is 0.306. The Hall–Kier alpha value is -3.82. The van der Waals surface area contributed by atoms with Crippen molar-refractivity contribution in [2.24, 2.45) is 0 Å². The number of amides is 2. The van der Waals surface area contributed by atoms with Crippen LogP contribution in [0, 0.1) is 6.92 Å². The summed E-state index contributed by atoms with van der Waals surface area (Å²) in [5.41, 5.74) is 2.08. The Morgan fingerprint density at radius 2 is 1.83 bits per heavy atom. The third kappa shape index (κ3) is 7.87. The number of hydrogen-bond donors (Lipinski definition) is 3. The van der Waals surface area contributed by atoms with Gasteiger partial charge in [-0.1, -0.05) is 23.7 Å². The monoisotopic (exact) mass is 498 g/mol. The molecule has 35 heavy (non-hydrogen) atoms. The number of aromatic nitrogens is 1. The summed E-state index contributed by atoms with van der Waals surface area (Å²) in [6.07, 6.45) is 1.37. The minimum absolute atomic E-state index is 0.101. The van der Waals surface area contributed by atoms with Crippen molar-refractivity contribution in [3.8, 4) is 17.2 Å². The molecule has 0 fully saturated rings. The summed E-state index contributed by atoms with van der Waals surface area (Å²) in [6, 6.07) is 13.0. The first-order valence-corrected chi connectivity index (χ1v) is 11.2. The number of carboxylic acid groups (broad SMARTS) is 1. The Balaban J connectivity index is 1.56. The molecule has 3 aromatic rings. The number of hydrogen-bond acceptors (Lipinski definition) is 6. The zero-order valence-corrected chi connectivity index (χ0v) is 20.4. The molecule has 184 valence electrons. The van der Waals surface area contributed by atoms with Gasteiger partial charge in [0.15, 0.2) is 5.69 Å². The van der Waals surface area contributed by atoms with Gasteiger partial charge in [0.2, 0.25) is 0 Å². The molecule has 0 atom stereocenters. The van der Waals surface area contributed by atoms with E-state index in [1.807, 2.05) is 25.9 Å². The molecule has 9 nitrogen and oxygen atoms in total. The number of nitrogens with zero attached hydrogens (tertiary/aromatic N) is 2. The number of benzene rings is 2. The van der Waals surface area contributed by atoms with E-state index in [2.05, 4.69) is 15.6 Å². The standard InChI is InChI=1S/C25H27ClN4O5/c1-16-12-23(34-11-10-30(2)3)21(14-20(16)26)29-25(33)28-15-17-4-6-18(7-5-17)35-19-8-9-27-22(13-19)24(31)32/h4-9,12-14H,10-11,15H2,1-3H3,(H,31,32)(H2,28,29,33). The zero-order valence-electron chi connectivity index (χ0n) is 19.7. The van der Waals surface area contributed by atoms with Gasteiger partial charge < -0.3 is 30.1 Å². The van der Waals surface area contributed by atoms with E-state index in [4.69, 9.17) is 26.2 Å². The van der Waals surface area contributed by atoms with Crippen molar-refractivity contribution in [2.75, 3.05) is 32.6 Å². The lowest BCUT2D eigenvalue weighted by Crippen LogP contribution is -2.28. The summed E-state index contributed by atoms with van der Waals surface area (Å²) in [4.78, 5) is 29.3. The van der Waals surface area contributed by atoms with Crippen LogP contribution in [0.1, 0.15) is 21.6 Å². The minimum Gasteiger partial charge on any atom is -0.490 e. The number of likely N-dealkylation sites (N-methyl/N-ethyl adjacent to an activating group) is 1. The Kier molecular flexibility index (Phi) is 8.88. The molecule has 2 amide bonds. The molecule has 1 aromatic heterocycles. The Labute approximate surface area is 208 Å². The van der Waals surface area contributed by atoms with Crippen LogP contribution in [-0.4, -0.2) is 54.2 Å². The Morgan fingerprint density at radius 3 is 2.51 bits per heavy atom. The minimum atomic E-state index is -1.13. The number of nitrogens with one attached hydrogen (secondary N) is 2. The first-order chi connectivity index (χ1) is 16.7. The van der Waals surface area contributed by atoms with E-state index in [0.29, 0.717) is 34.6 Å². The second-order valence-electron chi connectivity index (χ2n) is 7.98. The van der Waals surface area contributed by atoms with Crippen LogP contribution in [0.25, 0.3) is 0 Å². The number of anilines is 1.